The lowest BCUT2D eigenvalue weighted by Crippen LogP contribution is -2.12. The molecule has 0 aliphatic carbocycles. The van der Waals surface area contributed by atoms with Crippen molar-refractivity contribution in [1.29, 1.82) is 0 Å². The summed E-state index contributed by atoms with van der Waals surface area (Å²) in [5.41, 5.74) is 7.97. The Labute approximate surface area is 148 Å². The van der Waals surface area contributed by atoms with Crippen molar-refractivity contribution in [2.75, 3.05) is 6.61 Å². The predicted molar refractivity (Wildman–Crippen MR) is 102 cm³/mol. The van der Waals surface area contributed by atoms with Gasteiger partial charge in [0.1, 0.15) is 5.75 Å². The van der Waals surface area contributed by atoms with Gasteiger partial charge in [0.2, 0.25) is 0 Å². The number of hydrogen-bond donors (Lipinski definition) is 2. The van der Waals surface area contributed by atoms with E-state index in [1.807, 2.05) is 18.2 Å². The first-order valence-corrected chi connectivity index (χ1v) is 10.1. The normalized spacial score (nSPS) is 13.1. The minimum Gasteiger partial charge on any atom is -0.427 e. The first-order valence-electron chi connectivity index (χ1n) is 9.01. The molecule has 1 aromatic carbocycles. The van der Waals surface area contributed by atoms with E-state index in [9.17, 15) is 4.89 Å². The Morgan fingerprint density at radius 3 is 2.38 bits per heavy atom. The second-order valence-corrected chi connectivity index (χ2v) is 8.12. The maximum Gasteiger partial charge on any atom is 0.394 e. The van der Waals surface area contributed by atoms with Crippen molar-refractivity contribution >= 4 is 8.60 Å². The van der Waals surface area contributed by atoms with Gasteiger partial charge in [-0.3, -0.25) is 0 Å². The summed E-state index contributed by atoms with van der Waals surface area (Å²) in [6, 6.07) is 5.94. The Kier molecular flexibility index (Phi) is 9.84. The third-order valence-electron chi connectivity index (χ3n) is 4.02. The molecule has 138 valence electrons. The smallest absolute Gasteiger partial charge is 0.394 e. The molecule has 0 saturated carbocycles. The van der Waals surface area contributed by atoms with Gasteiger partial charge in [-0.05, 0) is 23.5 Å². The molecular formula is C19H34NO3P. The van der Waals surface area contributed by atoms with Crippen LogP contribution in [-0.2, 0) is 16.5 Å². The molecule has 0 spiro atoms. The van der Waals surface area contributed by atoms with Crippen LogP contribution >= 0.6 is 8.60 Å². The van der Waals surface area contributed by atoms with Crippen LogP contribution in [0.1, 0.15) is 77.3 Å². The first kappa shape index (κ1) is 21.4. The molecule has 0 saturated heterocycles. The van der Waals surface area contributed by atoms with Crippen LogP contribution in [0.5, 0.6) is 5.75 Å². The highest BCUT2D eigenvalue weighted by Crippen LogP contribution is 2.38. The molecule has 1 rings (SSSR count). The first-order chi connectivity index (χ1) is 11.4. The number of nitrogens with two attached hydrogens (primary N) is 1. The lowest BCUT2D eigenvalue weighted by molar-refractivity contribution is 0.253. The molecule has 0 bridgehead atoms. The molecule has 4 nitrogen and oxygen atoms in total. The number of unbranched alkanes of at least 4 members (excludes halogenated alkanes) is 5. The van der Waals surface area contributed by atoms with Gasteiger partial charge in [-0.1, -0.05) is 71.9 Å². The molecule has 0 radical (unpaired) electrons. The average Bonchev–Trinajstić information content (AvgIpc) is 2.53. The van der Waals surface area contributed by atoms with Crippen LogP contribution in [-0.4, -0.2) is 11.5 Å². The minimum absolute atomic E-state index is 0.0562. The third-order valence-corrected chi connectivity index (χ3v) is 4.78. The van der Waals surface area contributed by atoms with Crippen LogP contribution in [0.3, 0.4) is 0 Å². The molecular weight excluding hydrogens is 321 g/mol. The quantitative estimate of drug-likeness (QED) is 0.411. The monoisotopic (exact) mass is 355 g/mol. The SMILES string of the molecule is CCCCCCCCOP(O)Oc1ccc(C(C)(C)C)cc1CN. The highest BCUT2D eigenvalue weighted by Gasteiger charge is 2.17. The van der Waals surface area contributed by atoms with Crippen LogP contribution in [0, 0.1) is 0 Å². The zero-order valence-electron chi connectivity index (χ0n) is 15.7. The van der Waals surface area contributed by atoms with Gasteiger partial charge in [0, 0.05) is 12.1 Å². The second-order valence-electron chi connectivity index (χ2n) is 7.21. The van der Waals surface area contributed by atoms with Gasteiger partial charge in [-0.2, -0.15) is 0 Å². The molecule has 0 aliphatic rings. The summed E-state index contributed by atoms with van der Waals surface area (Å²) in [6.07, 6.45) is 7.15. The molecule has 3 N–H and O–H groups in total. The minimum atomic E-state index is -1.90. The van der Waals surface area contributed by atoms with E-state index < -0.39 is 8.60 Å². The van der Waals surface area contributed by atoms with Crippen LogP contribution in [0.15, 0.2) is 18.2 Å². The van der Waals surface area contributed by atoms with Crippen molar-refractivity contribution in [2.24, 2.45) is 5.73 Å². The lowest BCUT2D eigenvalue weighted by atomic mass is 9.86. The second kappa shape index (κ2) is 11.0. The molecule has 0 fully saturated rings. The molecule has 1 aromatic rings. The fourth-order valence-corrected chi connectivity index (χ4v) is 3.11. The molecule has 0 heterocycles. The van der Waals surface area contributed by atoms with Crippen molar-refractivity contribution in [3.63, 3.8) is 0 Å². The zero-order valence-corrected chi connectivity index (χ0v) is 16.6. The largest absolute Gasteiger partial charge is 0.427 e. The van der Waals surface area contributed by atoms with Crippen LogP contribution in [0.2, 0.25) is 0 Å². The van der Waals surface area contributed by atoms with E-state index in [1.165, 1.54) is 31.2 Å². The summed E-state index contributed by atoms with van der Waals surface area (Å²) < 4.78 is 11.0. The van der Waals surface area contributed by atoms with Crippen molar-refractivity contribution in [1.82, 2.24) is 0 Å². The highest BCUT2D eigenvalue weighted by molar-refractivity contribution is 7.41. The summed E-state index contributed by atoms with van der Waals surface area (Å²) >= 11 is 0. The molecule has 1 unspecified atom stereocenters. The van der Waals surface area contributed by atoms with E-state index in [-0.39, 0.29) is 5.41 Å². The summed E-state index contributed by atoms with van der Waals surface area (Å²) in [7, 11) is -1.90. The van der Waals surface area contributed by atoms with Gasteiger partial charge in [-0.15, -0.1) is 0 Å². The van der Waals surface area contributed by atoms with Gasteiger partial charge in [0.25, 0.3) is 0 Å². The van der Waals surface area contributed by atoms with E-state index >= 15 is 0 Å². The van der Waals surface area contributed by atoms with Gasteiger partial charge in [-0.25, -0.2) is 0 Å². The van der Waals surface area contributed by atoms with Crippen molar-refractivity contribution in [3.05, 3.63) is 29.3 Å². The fourth-order valence-electron chi connectivity index (χ4n) is 2.43. The Bertz CT molecular complexity index is 474. The molecule has 1 atom stereocenters. The molecule has 5 heteroatoms. The summed E-state index contributed by atoms with van der Waals surface area (Å²) in [5, 5.41) is 0. The highest BCUT2D eigenvalue weighted by atomic mass is 31.2. The van der Waals surface area contributed by atoms with E-state index in [4.69, 9.17) is 14.8 Å². The zero-order chi connectivity index (χ0) is 18.0. The van der Waals surface area contributed by atoms with Crippen LogP contribution in [0.4, 0.5) is 0 Å². The van der Waals surface area contributed by atoms with E-state index in [1.54, 1.807) is 0 Å². The standard InChI is InChI=1S/C19H34NO3P/c1-5-6-7-8-9-10-13-22-24(21)23-18-12-11-17(19(2,3)4)14-16(18)15-20/h11-12,14,21H,5-10,13,15,20H2,1-4H3. The molecule has 0 amide bonds. The Hall–Kier alpha value is -0.670. The van der Waals surface area contributed by atoms with Gasteiger partial charge >= 0.3 is 8.60 Å². The summed E-state index contributed by atoms with van der Waals surface area (Å²) in [4.78, 5) is 9.97. The molecule has 0 aliphatic heterocycles. The number of hydrogen-bond acceptors (Lipinski definition) is 4. The number of rotatable bonds is 11. The van der Waals surface area contributed by atoms with Crippen LogP contribution in [0.25, 0.3) is 0 Å². The Balaban J connectivity index is 2.42. The summed E-state index contributed by atoms with van der Waals surface area (Å²) in [5.74, 6) is 0.613. The molecule has 0 aromatic heterocycles. The van der Waals surface area contributed by atoms with E-state index in [0.717, 1.165) is 18.4 Å². The molecule has 24 heavy (non-hydrogen) atoms. The van der Waals surface area contributed by atoms with Crippen molar-refractivity contribution in [3.8, 4) is 5.75 Å². The van der Waals surface area contributed by atoms with Gasteiger partial charge < -0.3 is 19.7 Å². The third kappa shape index (κ3) is 7.94. The van der Waals surface area contributed by atoms with Crippen molar-refractivity contribution < 1.29 is 13.9 Å². The fraction of sp³-hybridized carbons (Fsp3) is 0.684. The average molecular weight is 355 g/mol. The van der Waals surface area contributed by atoms with E-state index in [2.05, 4.69) is 27.7 Å². The Morgan fingerprint density at radius 1 is 1.08 bits per heavy atom. The predicted octanol–water partition coefficient (Wildman–Crippen LogP) is 5.42. The topological polar surface area (TPSA) is 64.7 Å². The van der Waals surface area contributed by atoms with Gasteiger partial charge in [0.05, 0.1) is 6.61 Å². The lowest BCUT2D eigenvalue weighted by Gasteiger charge is -2.21. The summed E-state index contributed by atoms with van der Waals surface area (Å²) in [6.45, 7) is 9.60. The maximum absolute atomic E-state index is 9.97. The van der Waals surface area contributed by atoms with Gasteiger partial charge in [0.15, 0.2) is 0 Å². The van der Waals surface area contributed by atoms with Crippen LogP contribution < -0.4 is 10.3 Å². The van der Waals surface area contributed by atoms with Crippen molar-refractivity contribution in [2.45, 2.75) is 78.2 Å². The Morgan fingerprint density at radius 2 is 1.75 bits per heavy atom. The maximum atomic E-state index is 9.97. The number of benzene rings is 1. The van der Waals surface area contributed by atoms with E-state index in [0.29, 0.717) is 18.9 Å².